The van der Waals surface area contributed by atoms with E-state index in [1.807, 2.05) is 6.92 Å². The van der Waals surface area contributed by atoms with Crippen LogP contribution < -0.4 is 5.32 Å². The zero-order valence-electron chi connectivity index (χ0n) is 11.5. The van der Waals surface area contributed by atoms with Crippen molar-refractivity contribution < 1.29 is 8.78 Å². The first-order chi connectivity index (χ1) is 10.0. The quantitative estimate of drug-likeness (QED) is 0.668. The van der Waals surface area contributed by atoms with Gasteiger partial charge in [0.25, 0.3) is 0 Å². The Hall–Kier alpha value is -0.780. The van der Waals surface area contributed by atoms with Crippen molar-refractivity contribution in [3.63, 3.8) is 0 Å². The van der Waals surface area contributed by atoms with Gasteiger partial charge < -0.3 is 5.32 Å². The van der Waals surface area contributed by atoms with Crippen LogP contribution in [0.2, 0.25) is 0 Å². The fourth-order valence-electron chi connectivity index (χ4n) is 2.15. The van der Waals surface area contributed by atoms with Crippen LogP contribution in [0.3, 0.4) is 0 Å². The molecular formula is C16H15Br2F2N. The Morgan fingerprint density at radius 3 is 2.29 bits per heavy atom. The molecule has 0 aliphatic heterocycles. The lowest BCUT2D eigenvalue weighted by Gasteiger charge is -2.21. The summed E-state index contributed by atoms with van der Waals surface area (Å²) in [4.78, 5) is 0. The number of benzene rings is 2. The smallest absolute Gasteiger partial charge is 0.129 e. The molecule has 0 aliphatic carbocycles. The molecule has 0 saturated heterocycles. The van der Waals surface area contributed by atoms with Crippen LogP contribution >= 0.6 is 31.9 Å². The Morgan fingerprint density at radius 1 is 0.952 bits per heavy atom. The molecule has 2 rings (SSSR count). The van der Waals surface area contributed by atoms with Crippen LogP contribution in [0.1, 0.15) is 30.5 Å². The van der Waals surface area contributed by atoms with Crippen molar-refractivity contribution in [2.75, 3.05) is 6.54 Å². The van der Waals surface area contributed by atoms with E-state index in [1.165, 1.54) is 12.1 Å². The third kappa shape index (κ3) is 4.11. The lowest BCUT2D eigenvalue weighted by molar-refractivity contribution is 0.520. The lowest BCUT2D eigenvalue weighted by Crippen LogP contribution is -2.25. The molecule has 0 aromatic heterocycles. The molecule has 0 radical (unpaired) electrons. The average molecular weight is 419 g/mol. The molecule has 21 heavy (non-hydrogen) atoms. The molecule has 0 spiro atoms. The highest BCUT2D eigenvalue weighted by Gasteiger charge is 2.21. The average Bonchev–Trinajstić information content (AvgIpc) is 2.44. The first-order valence-electron chi connectivity index (χ1n) is 6.66. The predicted octanol–water partition coefficient (Wildman–Crippen LogP) is 5.58. The zero-order chi connectivity index (χ0) is 15.4. The van der Waals surface area contributed by atoms with E-state index in [0.29, 0.717) is 22.1 Å². The van der Waals surface area contributed by atoms with Gasteiger partial charge >= 0.3 is 0 Å². The second-order valence-corrected chi connectivity index (χ2v) is 6.55. The van der Waals surface area contributed by atoms with Crippen molar-refractivity contribution in [2.24, 2.45) is 0 Å². The maximum atomic E-state index is 14.2. The Bertz CT molecular complexity index is 632. The third-order valence-corrected chi connectivity index (χ3v) is 4.13. The van der Waals surface area contributed by atoms with Crippen molar-refractivity contribution in [3.8, 4) is 0 Å². The Balaban J connectivity index is 2.49. The van der Waals surface area contributed by atoms with Crippen molar-refractivity contribution in [3.05, 3.63) is 68.1 Å². The van der Waals surface area contributed by atoms with E-state index in [1.54, 1.807) is 24.3 Å². The van der Waals surface area contributed by atoms with E-state index in [-0.39, 0.29) is 11.6 Å². The van der Waals surface area contributed by atoms with Crippen molar-refractivity contribution in [1.29, 1.82) is 0 Å². The maximum Gasteiger partial charge on any atom is 0.129 e. The molecule has 5 heteroatoms. The van der Waals surface area contributed by atoms with Crippen LogP contribution in [0.25, 0.3) is 0 Å². The first-order valence-corrected chi connectivity index (χ1v) is 8.24. The lowest BCUT2D eigenvalue weighted by atomic mass is 9.97. The minimum atomic E-state index is -0.518. The summed E-state index contributed by atoms with van der Waals surface area (Å²) >= 11 is 6.58. The molecule has 2 aromatic carbocycles. The Labute approximate surface area is 140 Å². The molecule has 0 fully saturated rings. The van der Waals surface area contributed by atoms with Gasteiger partial charge in [-0.15, -0.1) is 0 Å². The SMILES string of the molecule is CCCNC(c1ccc(Br)cc1F)c1cc(Br)ccc1F. The van der Waals surface area contributed by atoms with E-state index in [0.717, 1.165) is 10.9 Å². The largest absolute Gasteiger partial charge is 0.306 e. The van der Waals surface area contributed by atoms with Crippen LogP contribution in [0.4, 0.5) is 8.78 Å². The summed E-state index contributed by atoms with van der Waals surface area (Å²) in [6, 6.07) is 9.01. The molecule has 1 unspecified atom stereocenters. The summed E-state index contributed by atoms with van der Waals surface area (Å²) in [6.45, 7) is 2.69. The van der Waals surface area contributed by atoms with Crippen molar-refractivity contribution in [2.45, 2.75) is 19.4 Å². The molecule has 0 aliphatic rings. The minimum Gasteiger partial charge on any atom is -0.306 e. The minimum absolute atomic E-state index is 0.353. The topological polar surface area (TPSA) is 12.0 Å². The number of rotatable bonds is 5. The van der Waals surface area contributed by atoms with Crippen LogP contribution in [-0.2, 0) is 0 Å². The summed E-state index contributed by atoms with van der Waals surface area (Å²) in [5.41, 5.74) is 0.864. The summed E-state index contributed by atoms with van der Waals surface area (Å²) in [5, 5.41) is 3.21. The summed E-state index contributed by atoms with van der Waals surface area (Å²) in [5.74, 6) is -0.716. The summed E-state index contributed by atoms with van der Waals surface area (Å²) < 4.78 is 29.8. The van der Waals surface area contributed by atoms with Gasteiger partial charge in [-0.1, -0.05) is 44.8 Å². The van der Waals surface area contributed by atoms with Crippen LogP contribution in [0, 0.1) is 11.6 Å². The van der Waals surface area contributed by atoms with Gasteiger partial charge in [0.2, 0.25) is 0 Å². The molecule has 0 amide bonds. The van der Waals surface area contributed by atoms with Crippen LogP contribution in [0.5, 0.6) is 0 Å². The zero-order valence-corrected chi connectivity index (χ0v) is 14.6. The Kier molecular flexibility index (Phi) is 5.90. The first kappa shape index (κ1) is 16.6. The van der Waals surface area contributed by atoms with E-state index >= 15 is 0 Å². The van der Waals surface area contributed by atoms with Gasteiger partial charge in [-0.05, 0) is 43.3 Å². The molecule has 2 aromatic rings. The summed E-state index contributed by atoms with van der Waals surface area (Å²) in [7, 11) is 0. The van der Waals surface area contributed by atoms with E-state index in [4.69, 9.17) is 0 Å². The molecule has 1 nitrogen and oxygen atoms in total. The van der Waals surface area contributed by atoms with Gasteiger partial charge in [-0.3, -0.25) is 0 Å². The predicted molar refractivity (Wildman–Crippen MR) is 88.3 cm³/mol. The fraction of sp³-hybridized carbons (Fsp3) is 0.250. The van der Waals surface area contributed by atoms with Crippen LogP contribution in [0.15, 0.2) is 45.3 Å². The number of halogens is 4. The monoisotopic (exact) mass is 417 g/mol. The van der Waals surface area contributed by atoms with Gasteiger partial charge in [0.05, 0.1) is 6.04 Å². The molecule has 1 N–H and O–H groups in total. The van der Waals surface area contributed by atoms with Crippen molar-refractivity contribution in [1.82, 2.24) is 5.32 Å². The van der Waals surface area contributed by atoms with Gasteiger partial charge in [-0.25, -0.2) is 8.78 Å². The molecule has 0 bridgehead atoms. The molecule has 0 saturated carbocycles. The molecular weight excluding hydrogens is 404 g/mol. The highest BCUT2D eigenvalue weighted by molar-refractivity contribution is 9.10. The highest BCUT2D eigenvalue weighted by Crippen LogP contribution is 2.30. The maximum absolute atomic E-state index is 14.2. The van der Waals surface area contributed by atoms with Gasteiger partial charge in [-0.2, -0.15) is 0 Å². The normalized spacial score (nSPS) is 12.4. The Morgan fingerprint density at radius 2 is 1.62 bits per heavy atom. The van der Waals surface area contributed by atoms with Gasteiger partial charge in [0, 0.05) is 20.1 Å². The molecule has 0 heterocycles. The molecule has 1 atom stereocenters. The summed E-state index contributed by atoms with van der Waals surface area (Å²) in [6.07, 6.45) is 0.879. The highest BCUT2D eigenvalue weighted by atomic mass is 79.9. The molecule has 112 valence electrons. The van der Waals surface area contributed by atoms with Gasteiger partial charge in [0.1, 0.15) is 11.6 Å². The second kappa shape index (κ2) is 7.47. The van der Waals surface area contributed by atoms with Crippen LogP contribution in [-0.4, -0.2) is 6.54 Å². The van der Waals surface area contributed by atoms with Crippen molar-refractivity contribution >= 4 is 31.9 Å². The standard InChI is InChI=1S/C16H15Br2F2N/c1-2-7-21-16(12-5-3-11(18)9-15(12)20)13-8-10(17)4-6-14(13)19/h3-6,8-9,16,21H,2,7H2,1H3. The number of hydrogen-bond acceptors (Lipinski definition) is 1. The van der Waals surface area contributed by atoms with Gasteiger partial charge in [0.15, 0.2) is 0 Å². The third-order valence-electron chi connectivity index (χ3n) is 3.14. The number of hydrogen-bond donors (Lipinski definition) is 1. The number of nitrogens with one attached hydrogen (secondary N) is 1. The van der Waals surface area contributed by atoms with E-state index in [9.17, 15) is 8.78 Å². The van der Waals surface area contributed by atoms with E-state index in [2.05, 4.69) is 37.2 Å². The fourth-order valence-corrected chi connectivity index (χ4v) is 2.86. The van der Waals surface area contributed by atoms with E-state index < -0.39 is 6.04 Å². The second-order valence-electron chi connectivity index (χ2n) is 4.72.